The van der Waals surface area contributed by atoms with Crippen LogP contribution >= 0.6 is 0 Å². The van der Waals surface area contributed by atoms with E-state index in [-0.39, 0.29) is 4.90 Å². The first-order valence-corrected chi connectivity index (χ1v) is 15.6. The van der Waals surface area contributed by atoms with Gasteiger partial charge in [-0.15, -0.1) is 0 Å². The molecule has 6 rings (SSSR count). The van der Waals surface area contributed by atoms with Gasteiger partial charge in [-0.1, -0.05) is 18.2 Å². The van der Waals surface area contributed by atoms with Gasteiger partial charge in [0.25, 0.3) is 10.0 Å². The maximum Gasteiger partial charge on any atom is 0.269 e. The number of hydrogen-bond acceptors (Lipinski definition) is 7. The second-order valence-electron chi connectivity index (χ2n) is 11.2. The standard InChI is InChI=1S/C30H38N6O3S/c1-33(2)26-10-8-23(9-11-26)24-18-28-29(25-20-32-35(21-25)13-12-34-14-16-39-17-15-34)22-36(30(28)31-19-24)40(37,38)27-6-4-3-5-7-27/h3-7,18-23,26H,8-17H2,1-2H3. The van der Waals surface area contributed by atoms with Crippen molar-refractivity contribution in [3.63, 3.8) is 0 Å². The third-order valence-corrected chi connectivity index (χ3v) is 10.2. The van der Waals surface area contributed by atoms with Crippen LogP contribution in [0.4, 0.5) is 0 Å². The van der Waals surface area contributed by atoms with E-state index in [0.29, 0.717) is 17.6 Å². The molecule has 212 valence electrons. The normalized spacial score (nSPS) is 20.9. The summed E-state index contributed by atoms with van der Waals surface area (Å²) in [5, 5.41) is 5.47. The van der Waals surface area contributed by atoms with Crippen molar-refractivity contribution in [3.05, 3.63) is 66.7 Å². The molecule has 0 N–H and O–H groups in total. The van der Waals surface area contributed by atoms with E-state index in [1.165, 1.54) is 9.54 Å². The fraction of sp³-hybridized carbons (Fsp3) is 0.467. The lowest BCUT2D eigenvalue weighted by Crippen LogP contribution is -2.38. The predicted molar refractivity (Wildman–Crippen MR) is 156 cm³/mol. The number of ether oxygens (including phenoxy) is 1. The lowest BCUT2D eigenvalue weighted by atomic mass is 9.81. The zero-order valence-electron chi connectivity index (χ0n) is 23.3. The summed E-state index contributed by atoms with van der Waals surface area (Å²) < 4.78 is 36.2. The van der Waals surface area contributed by atoms with E-state index >= 15 is 0 Å². The van der Waals surface area contributed by atoms with Gasteiger partial charge in [0.1, 0.15) is 0 Å². The average molecular weight is 563 g/mol. The number of pyridine rings is 1. The van der Waals surface area contributed by atoms with E-state index in [1.54, 1.807) is 30.5 Å². The molecule has 0 bridgehead atoms. The number of nitrogens with zero attached hydrogens (tertiary/aromatic N) is 6. The van der Waals surface area contributed by atoms with Gasteiger partial charge in [0.2, 0.25) is 0 Å². The second-order valence-corrected chi connectivity index (χ2v) is 13.0. The highest BCUT2D eigenvalue weighted by molar-refractivity contribution is 7.90. The monoisotopic (exact) mass is 562 g/mol. The van der Waals surface area contributed by atoms with Crippen molar-refractivity contribution in [2.24, 2.45) is 0 Å². The summed E-state index contributed by atoms with van der Waals surface area (Å²) >= 11 is 0. The highest BCUT2D eigenvalue weighted by atomic mass is 32.2. The quantitative estimate of drug-likeness (QED) is 0.320. The molecule has 1 saturated carbocycles. The van der Waals surface area contributed by atoms with E-state index in [9.17, 15) is 8.42 Å². The Morgan fingerprint density at radius 1 is 0.975 bits per heavy atom. The fourth-order valence-corrected chi connectivity index (χ4v) is 7.40. The number of aromatic nitrogens is 4. The molecule has 1 aliphatic heterocycles. The maximum absolute atomic E-state index is 13.7. The van der Waals surface area contributed by atoms with Crippen molar-refractivity contribution in [2.45, 2.75) is 49.1 Å². The van der Waals surface area contributed by atoms with Crippen LogP contribution < -0.4 is 0 Å². The van der Waals surface area contributed by atoms with Crippen LogP contribution in [-0.2, 0) is 21.3 Å². The highest BCUT2D eigenvalue weighted by Gasteiger charge is 2.27. The van der Waals surface area contributed by atoms with Crippen LogP contribution in [0.25, 0.3) is 22.2 Å². The molecule has 40 heavy (non-hydrogen) atoms. The second kappa shape index (κ2) is 11.4. The fourth-order valence-electron chi connectivity index (χ4n) is 6.06. The van der Waals surface area contributed by atoms with Crippen LogP contribution in [0.5, 0.6) is 0 Å². The molecule has 4 aromatic rings. The molecular formula is C30H38N6O3S. The Kier molecular flexibility index (Phi) is 7.76. The highest BCUT2D eigenvalue weighted by Crippen LogP contribution is 2.38. The molecule has 1 aliphatic carbocycles. The van der Waals surface area contributed by atoms with E-state index in [2.05, 4.69) is 35.1 Å². The minimum atomic E-state index is -3.82. The lowest BCUT2D eigenvalue weighted by Gasteiger charge is -2.32. The molecule has 2 fully saturated rings. The Bertz CT molecular complexity index is 1550. The lowest BCUT2D eigenvalue weighted by molar-refractivity contribution is 0.0360. The van der Waals surface area contributed by atoms with Crippen LogP contribution in [0.15, 0.2) is 66.1 Å². The number of rotatable bonds is 8. The van der Waals surface area contributed by atoms with Gasteiger partial charge in [0, 0.05) is 60.8 Å². The molecule has 0 unspecified atom stereocenters. The molecule has 10 heteroatoms. The molecule has 2 aliphatic rings. The smallest absolute Gasteiger partial charge is 0.269 e. The van der Waals surface area contributed by atoms with Crippen molar-refractivity contribution < 1.29 is 13.2 Å². The Balaban J connectivity index is 1.36. The van der Waals surface area contributed by atoms with Crippen molar-refractivity contribution in [3.8, 4) is 11.1 Å². The van der Waals surface area contributed by atoms with Gasteiger partial charge in [0.05, 0.1) is 30.9 Å². The van der Waals surface area contributed by atoms with E-state index in [1.807, 2.05) is 29.3 Å². The minimum absolute atomic E-state index is 0.243. The number of morpholine rings is 1. The average Bonchev–Trinajstić information content (AvgIpc) is 3.62. The summed E-state index contributed by atoms with van der Waals surface area (Å²) in [4.78, 5) is 9.72. The van der Waals surface area contributed by atoms with E-state index in [4.69, 9.17) is 9.72 Å². The van der Waals surface area contributed by atoms with Crippen LogP contribution in [0.2, 0.25) is 0 Å². The summed E-state index contributed by atoms with van der Waals surface area (Å²) in [7, 11) is 0.487. The molecule has 9 nitrogen and oxygen atoms in total. The number of hydrogen-bond donors (Lipinski definition) is 0. The Labute approximate surface area is 236 Å². The van der Waals surface area contributed by atoms with Crippen LogP contribution in [0.1, 0.15) is 37.2 Å². The molecule has 1 aromatic carbocycles. The van der Waals surface area contributed by atoms with E-state index < -0.39 is 10.0 Å². The summed E-state index contributed by atoms with van der Waals surface area (Å²) in [6, 6.07) is 11.3. The van der Waals surface area contributed by atoms with Crippen LogP contribution in [0.3, 0.4) is 0 Å². The van der Waals surface area contributed by atoms with Gasteiger partial charge in [-0.05, 0) is 69.5 Å². The zero-order chi connectivity index (χ0) is 27.7. The van der Waals surface area contributed by atoms with Crippen LogP contribution in [-0.4, -0.2) is 89.9 Å². The first kappa shape index (κ1) is 27.1. The van der Waals surface area contributed by atoms with E-state index in [0.717, 1.165) is 81.6 Å². The van der Waals surface area contributed by atoms with Crippen molar-refractivity contribution in [2.75, 3.05) is 46.9 Å². The molecular weight excluding hydrogens is 524 g/mol. The van der Waals surface area contributed by atoms with Crippen molar-refractivity contribution in [1.82, 2.24) is 28.5 Å². The molecule has 1 saturated heterocycles. The van der Waals surface area contributed by atoms with Gasteiger partial charge >= 0.3 is 0 Å². The maximum atomic E-state index is 13.7. The number of benzene rings is 1. The topological polar surface area (TPSA) is 85.5 Å². The van der Waals surface area contributed by atoms with Crippen molar-refractivity contribution in [1.29, 1.82) is 0 Å². The summed E-state index contributed by atoms with van der Waals surface area (Å²) in [6.45, 7) is 5.07. The van der Waals surface area contributed by atoms with Gasteiger partial charge in [-0.25, -0.2) is 17.4 Å². The predicted octanol–water partition coefficient (Wildman–Crippen LogP) is 4.06. The van der Waals surface area contributed by atoms with Gasteiger partial charge in [-0.3, -0.25) is 9.58 Å². The van der Waals surface area contributed by atoms with Gasteiger partial charge in [0.15, 0.2) is 5.65 Å². The minimum Gasteiger partial charge on any atom is -0.379 e. The van der Waals surface area contributed by atoms with Gasteiger partial charge < -0.3 is 9.64 Å². The Morgan fingerprint density at radius 2 is 1.73 bits per heavy atom. The Morgan fingerprint density at radius 3 is 2.45 bits per heavy atom. The third-order valence-electron chi connectivity index (χ3n) is 8.52. The van der Waals surface area contributed by atoms with Gasteiger partial charge in [-0.2, -0.15) is 5.10 Å². The molecule has 4 heterocycles. The summed E-state index contributed by atoms with van der Waals surface area (Å²) in [5.74, 6) is 0.422. The molecule has 0 spiro atoms. The van der Waals surface area contributed by atoms with Crippen molar-refractivity contribution >= 4 is 21.1 Å². The third kappa shape index (κ3) is 5.45. The van der Waals surface area contributed by atoms with Crippen LogP contribution in [0, 0.1) is 0 Å². The summed E-state index contributed by atoms with van der Waals surface area (Å²) in [6.07, 6.45) is 12.0. The molecule has 0 atom stereocenters. The number of fused-ring (bicyclic) bond motifs is 1. The Hall–Kier alpha value is -3.05. The largest absolute Gasteiger partial charge is 0.379 e. The SMILES string of the molecule is CN(C)C1CCC(c2cnc3c(c2)c(-c2cnn(CCN4CCOCC4)c2)cn3S(=O)(=O)c2ccccc2)CC1. The first-order valence-electron chi connectivity index (χ1n) is 14.2. The molecule has 3 aromatic heterocycles. The molecule has 0 amide bonds. The summed E-state index contributed by atoms with van der Waals surface area (Å²) in [5.41, 5.74) is 3.36. The first-order chi connectivity index (χ1) is 19.4. The molecule has 0 radical (unpaired) electrons. The zero-order valence-corrected chi connectivity index (χ0v) is 24.1.